The van der Waals surface area contributed by atoms with Crippen LogP contribution in [0, 0.1) is 0 Å². The molecule has 12 heavy (non-hydrogen) atoms. The lowest BCUT2D eigenvalue weighted by Crippen LogP contribution is -2.19. The number of phosphoric acid groups is 1. The van der Waals surface area contributed by atoms with Gasteiger partial charge in [0.15, 0.2) is 0 Å². The van der Waals surface area contributed by atoms with E-state index < -0.39 is 7.82 Å². The van der Waals surface area contributed by atoms with Crippen molar-refractivity contribution in [1.82, 2.24) is 0 Å². The molecule has 2 N–H and O–H groups in total. The number of nitrogen functional groups attached to an aromatic ring is 1. The topological polar surface area (TPSA) is 98.4 Å². The molecule has 0 radical (unpaired) electrons. The first-order valence-electron chi connectivity index (χ1n) is 3.05. The van der Waals surface area contributed by atoms with E-state index in [-0.39, 0.29) is 11.4 Å². The van der Waals surface area contributed by atoms with Crippen LogP contribution in [0.3, 0.4) is 0 Å². The molecule has 0 aliphatic rings. The predicted octanol–water partition coefficient (Wildman–Crippen LogP) is -0.524. The highest BCUT2D eigenvalue weighted by atomic mass is 31.2. The van der Waals surface area contributed by atoms with Crippen LogP contribution < -0.4 is 20.0 Å². The highest BCUT2D eigenvalue weighted by Gasteiger charge is 1.99. The maximum Gasteiger partial charge on any atom is 0.147 e. The van der Waals surface area contributed by atoms with E-state index in [0.29, 0.717) is 0 Å². The number of hydrogen-bond acceptors (Lipinski definition) is 5. The van der Waals surface area contributed by atoms with Gasteiger partial charge in [-0.1, -0.05) is 12.1 Å². The number of phosphoric ester groups is 1. The summed E-state index contributed by atoms with van der Waals surface area (Å²) in [6.07, 6.45) is 0. The van der Waals surface area contributed by atoms with Gasteiger partial charge in [-0.2, -0.15) is 0 Å². The molecular formula is C6H6NO4P-2. The summed E-state index contributed by atoms with van der Waals surface area (Å²) in [7, 11) is -4.99. The minimum Gasteiger partial charge on any atom is -0.780 e. The van der Waals surface area contributed by atoms with Crippen LogP contribution in [-0.4, -0.2) is 0 Å². The van der Waals surface area contributed by atoms with Gasteiger partial charge in [-0.15, -0.1) is 0 Å². The molecular weight excluding hydrogens is 181 g/mol. The van der Waals surface area contributed by atoms with E-state index in [0.717, 1.165) is 0 Å². The van der Waals surface area contributed by atoms with Crippen LogP contribution in [0.4, 0.5) is 5.69 Å². The maximum absolute atomic E-state index is 10.1. The summed E-state index contributed by atoms with van der Waals surface area (Å²) >= 11 is 0. The molecule has 0 aromatic heterocycles. The number of para-hydroxylation sites is 2. The second-order valence-corrected chi connectivity index (χ2v) is 3.15. The fourth-order valence-electron chi connectivity index (χ4n) is 0.684. The van der Waals surface area contributed by atoms with Gasteiger partial charge in [0.05, 0.1) is 5.69 Å². The Hall–Kier alpha value is -1.03. The molecule has 0 fully saturated rings. The molecule has 0 atom stereocenters. The Bertz CT molecular complexity index is 321. The largest absolute Gasteiger partial charge is 0.780 e. The molecule has 0 unspecified atom stereocenters. The standard InChI is InChI=1S/C6H8NO4P/c7-5-3-1-2-4-6(5)11-12(8,9)10/h1-4H,7H2,(H2,8,9,10)/p-2. The zero-order chi connectivity index (χ0) is 9.19. The van der Waals surface area contributed by atoms with E-state index in [1.807, 2.05) is 0 Å². The van der Waals surface area contributed by atoms with Crippen LogP contribution in [0.5, 0.6) is 5.75 Å². The van der Waals surface area contributed by atoms with Gasteiger partial charge >= 0.3 is 0 Å². The molecule has 0 heterocycles. The van der Waals surface area contributed by atoms with Gasteiger partial charge in [-0.25, -0.2) is 0 Å². The first-order chi connectivity index (χ1) is 5.49. The Morgan fingerprint density at radius 3 is 2.42 bits per heavy atom. The van der Waals surface area contributed by atoms with Crippen LogP contribution in [0.2, 0.25) is 0 Å². The second-order valence-electron chi connectivity index (χ2n) is 2.08. The van der Waals surface area contributed by atoms with Gasteiger partial charge < -0.3 is 24.6 Å². The van der Waals surface area contributed by atoms with Crippen molar-refractivity contribution in [1.29, 1.82) is 0 Å². The molecule has 6 heteroatoms. The molecule has 0 saturated heterocycles. The third-order valence-electron chi connectivity index (χ3n) is 1.13. The number of hydrogen-bond donors (Lipinski definition) is 1. The average molecular weight is 187 g/mol. The predicted molar refractivity (Wildman–Crippen MR) is 39.1 cm³/mol. The smallest absolute Gasteiger partial charge is 0.147 e. The van der Waals surface area contributed by atoms with Crippen molar-refractivity contribution in [2.45, 2.75) is 0 Å². The van der Waals surface area contributed by atoms with Gasteiger partial charge in [0.1, 0.15) is 13.6 Å². The van der Waals surface area contributed by atoms with Gasteiger partial charge in [-0.3, -0.25) is 0 Å². The minimum atomic E-state index is -4.99. The Morgan fingerprint density at radius 1 is 1.33 bits per heavy atom. The summed E-state index contributed by atoms with van der Waals surface area (Å²) in [5.41, 5.74) is 5.42. The third-order valence-corrected chi connectivity index (χ3v) is 1.55. The molecule has 1 aromatic carbocycles. The van der Waals surface area contributed by atoms with Crippen LogP contribution >= 0.6 is 7.82 Å². The van der Waals surface area contributed by atoms with E-state index in [1.165, 1.54) is 18.2 Å². The number of nitrogens with two attached hydrogens (primary N) is 1. The minimum absolute atomic E-state index is 0.115. The Morgan fingerprint density at radius 2 is 1.92 bits per heavy atom. The third kappa shape index (κ3) is 2.54. The lowest BCUT2D eigenvalue weighted by Gasteiger charge is -2.29. The second kappa shape index (κ2) is 3.15. The monoisotopic (exact) mass is 187 g/mol. The van der Waals surface area contributed by atoms with Crippen molar-refractivity contribution < 1.29 is 18.9 Å². The molecule has 0 amide bonds. The van der Waals surface area contributed by atoms with Crippen LogP contribution in [0.15, 0.2) is 24.3 Å². The maximum atomic E-state index is 10.1. The molecule has 0 saturated carbocycles. The lowest BCUT2D eigenvalue weighted by atomic mass is 10.3. The van der Waals surface area contributed by atoms with Crippen molar-refractivity contribution in [2.24, 2.45) is 0 Å². The first-order valence-corrected chi connectivity index (χ1v) is 4.51. The summed E-state index contributed by atoms with van der Waals surface area (Å²) in [4.78, 5) is 20.3. The van der Waals surface area contributed by atoms with Crippen LogP contribution in [0.1, 0.15) is 0 Å². The molecule has 0 bridgehead atoms. The van der Waals surface area contributed by atoms with Gasteiger partial charge in [0.25, 0.3) is 0 Å². The van der Waals surface area contributed by atoms with Crippen molar-refractivity contribution in [3.05, 3.63) is 24.3 Å². The molecule has 66 valence electrons. The summed E-state index contributed by atoms with van der Waals surface area (Å²) in [5, 5.41) is 0. The van der Waals surface area contributed by atoms with E-state index in [9.17, 15) is 14.4 Å². The normalized spacial score (nSPS) is 11.2. The quantitative estimate of drug-likeness (QED) is 0.495. The van der Waals surface area contributed by atoms with Crippen molar-refractivity contribution in [2.75, 3.05) is 5.73 Å². The zero-order valence-electron chi connectivity index (χ0n) is 5.97. The molecule has 0 aliphatic carbocycles. The van der Waals surface area contributed by atoms with Gasteiger partial charge in [-0.05, 0) is 12.1 Å². The molecule has 1 aromatic rings. The zero-order valence-corrected chi connectivity index (χ0v) is 6.86. The van der Waals surface area contributed by atoms with E-state index in [1.54, 1.807) is 6.07 Å². The van der Waals surface area contributed by atoms with Gasteiger partial charge in [0, 0.05) is 0 Å². The highest BCUT2D eigenvalue weighted by Crippen LogP contribution is 2.32. The van der Waals surface area contributed by atoms with Crippen molar-refractivity contribution in [3.63, 3.8) is 0 Å². The highest BCUT2D eigenvalue weighted by molar-refractivity contribution is 7.43. The summed E-state index contributed by atoms with van der Waals surface area (Å²) < 4.78 is 14.2. The molecule has 1 rings (SSSR count). The van der Waals surface area contributed by atoms with Crippen LogP contribution in [0.25, 0.3) is 0 Å². The SMILES string of the molecule is Nc1ccccc1OP(=O)([O-])[O-]. The molecule has 0 aliphatic heterocycles. The van der Waals surface area contributed by atoms with Crippen LogP contribution in [-0.2, 0) is 4.57 Å². The summed E-state index contributed by atoms with van der Waals surface area (Å²) in [6, 6.07) is 5.85. The van der Waals surface area contributed by atoms with Crippen molar-refractivity contribution >= 4 is 13.5 Å². The first kappa shape index (κ1) is 9.06. The van der Waals surface area contributed by atoms with E-state index in [4.69, 9.17) is 5.73 Å². The van der Waals surface area contributed by atoms with E-state index in [2.05, 4.69) is 4.52 Å². The average Bonchev–Trinajstić information content (AvgIpc) is 1.91. The number of benzene rings is 1. The number of rotatable bonds is 2. The summed E-state index contributed by atoms with van der Waals surface area (Å²) in [6.45, 7) is 0. The number of anilines is 1. The van der Waals surface area contributed by atoms with E-state index >= 15 is 0 Å². The van der Waals surface area contributed by atoms with Gasteiger partial charge in [0.2, 0.25) is 0 Å². The lowest BCUT2D eigenvalue weighted by molar-refractivity contribution is -0.333. The fraction of sp³-hybridized carbons (Fsp3) is 0. The van der Waals surface area contributed by atoms with Crippen molar-refractivity contribution in [3.8, 4) is 5.75 Å². The fourth-order valence-corrected chi connectivity index (χ4v) is 1.09. The molecule has 0 spiro atoms. The summed E-state index contributed by atoms with van der Waals surface area (Å²) in [5.74, 6) is -0.133. The Labute approximate surface area is 69.0 Å². The molecule has 5 nitrogen and oxygen atoms in total. The Kier molecular flexibility index (Phi) is 2.38. The Balaban J connectivity index is 2.90.